The first-order chi connectivity index (χ1) is 7.46. The van der Waals surface area contributed by atoms with Gasteiger partial charge in [0.05, 0.1) is 5.90 Å². The molecule has 0 saturated carbocycles. The molecule has 1 unspecified atom stereocenters. The fourth-order valence-corrected chi connectivity index (χ4v) is 10.7. The highest BCUT2D eigenvalue weighted by Crippen LogP contribution is 2.82. The van der Waals surface area contributed by atoms with E-state index >= 15 is 0 Å². The molecule has 18 heavy (non-hydrogen) atoms. The molecule has 4 heteroatoms. The second-order valence-electron chi connectivity index (χ2n) is 7.78. The molecule has 0 aromatic carbocycles. The maximum atomic E-state index is 2.72. The molecule has 0 N–H and O–H groups in total. The van der Waals surface area contributed by atoms with E-state index in [0.717, 1.165) is 0 Å². The first-order valence-electron chi connectivity index (χ1n) is 6.25. The maximum absolute atomic E-state index is 2.72. The molecule has 0 bridgehead atoms. The average molecular weight is 290 g/mol. The molecular weight excluding hydrogens is 252 g/mol. The molecule has 0 aliphatic rings. The Morgan fingerprint density at radius 3 is 1.11 bits per heavy atom. The number of hydrogen-bond donors (Lipinski definition) is 0. The van der Waals surface area contributed by atoms with Crippen LogP contribution in [0.2, 0.25) is 0 Å². The van der Waals surface area contributed by atoms with Gasteiger partial charge >= 0.3 is 0 Å². The molecule has 1 atom stereocenters. The van der Waals surface area contributed by atoms with Gasteiger partial charge in [-0.1, -0.05) is 0 Å². The average Bonchev–Trinajstić information content (AvgIpc) is 1.95. The van der Waals surface area contributed by atoms with Gasteiger partial charge in [0.15, 0.2) is 0 Å². The topological polar surface area (TPSA) is 0 Å². The van der Waals surface area contributed by atoms with Crippen LogP contribution in [0.1, 0.15) is 62.3 Å². The lowest BCUT2D eigenvalue weighted by molar-refractivity contribution is 0.701. The fraction of sp³-hybridized carbons (Fsp3) is 1.00. The van der Waals surface area contributed by atoms with Crippen LogP contribution in [0.4, 0.5) is 0 Å². The van der Waals surface area contributed by atoms with Crippen molar-refractivity contribution in [2.75, 3.05) is 12.6 Å². The molecule has 0 saturated heterocycles. The van der Waals surface area contributed by atoms with Gasteiger partial charge in [0.25, 0.3) is 0 Å². The molecule has 0 aliphatic heterocycles. The summed E-state index contributed by atoms with van der Waals surface area (Å²) >= 11 is 0. The minimum absolute atomic E-state index is 0.441. The van der Waals surface area contributed by atoms with Crippen molar-refractivity contribution in [3.05, 3.63) is 0 Å². The third kappa shape index (κ3) is 3.76. The van der Waals surface area contributed by atoms with E-state index in [1.54, 1.807) is 5.90 Å². The quantitative estimate of drug-likeness (QED) is 0.539. The third-order valence-corrected chi connectivity index (χ3v) is 11.5. The third-order valence-electron chi connectivity index (χ3n) is 3.12. The van der Waals surface area contributed by atoms with Crippen LogP contribution in [0.5, 0.6) is 0 Å². The molecule has 0 radical (unpaired) electrons. The maximum Gasteiger partial charge on any atom is 0.132 e. The second kappa shape index (κ2) is 5.07. The fourth-order valence-electron chi connectivity index (χ4n) is 1.85. The lowest BCUT2D eigenvalue weighted by Gasteiger charge is -2.55. The van der Waals surface area contributed by atoms with Crippen molar-refractivity contribution in [2.24, 2.45) is 0 Å². The Bertz CT molecular complexity index is 276. The van der Waals surface area contributed by atoms with E-state index in [9.17, 15) is 0 Å². The Hall–Kier alpha value is 0.990. The first kappa shape index (κ1) is 19.0. The van der Waals surface area contributed by atoms with Crippen LogP contribution >= 0.6 is 14.3 Å². The van der Waals surface area contributed by atoms with Gasteiger partial charge in [-0.2, -0.15) is 0 Å². The van der Waals surface area contributed by atoms with Crippen molar-refractivity contribution in [3.8, 4) is 0 Å². The summed E-state index contributed by atoms with van der Waals surface area (Å²) in [4.78, 5) is 0. The van der Waals surface area contributed by atoms with Crippen molar-refractivity contribution in [3.63, 3.8) is 0 Å². The highest BCUT2D eigenvalue weighted by molar-refractivity contribution is 8.12. The minimum Gasteiger partial charge on any atom is -0.123 e. The van der Waals surface area contributed by atoms with Gasteiger partial charge in [0.2, 0.25) is 0 Å². The predicted octanol–water partition coefficient (Wildman–Crippen LogP) is 3.57. The normalized spacial score (nSPS) is 18.7. The number of rotatable bonds is 2. The van der Waals surface area contributed by atoms with Gasteiger partial charge in [-0.25, -0.2) is 0 Å². The first-order valence-corrected chi connectivity index (χ1v) is 9.75. The van der Waals surface area contributed by atoms with E-state index in [-0.39, 0.29) is 0 Å². The summed E-state index contributed by atoms with van der Waals surface area (Å²) in [6, 6.07) is 0. The van der Waals surface area contributed by atoms with Crippen molar-refractivity contribution in [2.45, 2.75) is 77.8 Å². The van der Waals surface area contributed by atoms with Crippen molar-refractivity contribution < 1.29 is 0 Å². The zero-order valence-corrected chi connectivity index (χ0v) is 14.9. The summed E-state index contributed by atoms with van der Waals surface area (Å²) in [5, 5.41) is 1.83. The Morgan fingerprint density at radius 2 is 0.944 bits per heavy atom. The molecule has 0 spiro atoms. The van der Waals surface area contributed by atoms with Gasteiger partial charge in [-0.3, -0.25) is 0 Å². The molecular formula is C14H38B2P2. The zero-order chi connectivity index (χ0) is 15.2. The van der Waals surface area contributed by atoms with Gasteiger partial charge in [-0.15, -0.1) is 14.3 Å². The Morgan fingerprint density at radius 1 is 0.667 bits per heavy atom. The van der Waals surface area contributed by atoms with E-state index < -0.39 is 14.3 Å². The van der Waals surface area contributed by atoms with Gasteiger partial charge in [-0.05, 0) is 62.3 Å². The van der Waals surface area contributed by atoms with E-state index in [1.165, 1.54) is 0 Å². The van der Waals surface area contributed by atoms with E-state index in [1.807, 2.05) is 0 Å². The van der Waals surface area contributed by atoms with E-state index in [4.69, 9.17) is 0 Å². The predicted molar refractivity (Wildman–Crippen MR) is 104 cm³/mol. The smallest absolute Gasteiger partial charge is 0.123 e. The van der Waals surface area contributed by atoms with Crippen molar-refractivity contribution >= 4 is 29.4 Å². The second-order valence-corrected chi connectivity index (χ2v) is 15.2. The summed E-state index contributed by atoms with van der Waals surface area (Å²) in [6.45, 7) is 25.7. The molecule has 0 heterocycles. The van der Waals surface area contributed by atoms with Crippen LogP contribution in [-0.2, 0) is 0 Å². The van der Waals surface area contributed by atoms with Crippen LogP contribution in [0, 0.1) is 0 Å². The molecule has 0 aromatic rings. The molecule has 110 valence electrons. The van der Waals surface area contributed by atoms with Crippen LogP contribution in [0.25, 0.3) is 0 Å². The zero-order valence-electron chi connectivity index (χ0n) is 13.1. The van der Waals surface area contributed by atoms with E-state index in [2.05, 4.69) is 69.0 Å². The van der Waals surface area contributed by atoms with Gasteiger partial charge in [0, 0.05) is 22.1 Å². The van der Waals surface area contributed by atoms with Crippen molar-refractivity contribution in [1.29, 1.82) is 0 Å². The largest absolute Gasteiger partial charge is 0.132 e. The monoisotopic (exact) mass is 290 g/mol. The molecule has 0 rings (SSSR count). The summed E-state index contributed by atoms with van der Waals surface area (Å²) in [6.07, 6.45) is 0. The Labute approximate surface area is 120 Å². The molecule has 0 fully saturated rings. The summed E-state index contributed by atoms with van der Waals surface area (Å²) in [7, 11) is -0.339. The Balaban J connectivity index is 5.58. The van der Waals surface area contributed by atoms with Crippen molar-refractivity contribution in [1.82, 2.24) is 0 Å². The SMILES string of the molecule is [BH3-][P+](C)(C[P+]([BH3-])(C(C)(C)C)C(C)(C)C)C(C)(C)C. The van der Waals surface area contributed by atoms with Gasteiger partial charge < -0.3 is 0 Å². The van der Waals surface area contributed by atoms with Crippen LogP contribution in [-0.4, -0.2) is 43.2 Å². The lowest BCUT2D eigenvalue weighted by Crippen LogP contribution is -2.38. The number of hydrogen-bond acceptors (Lipinski definition) is 0. The summed E-state index contributed by atoms with van der Waals surface area (Å²) in [5.74, 6) is 1.70. The lowest BCUT2D eigenvalue weighted by atomic mass is 10.2. The standard InChI is InChI=1S/C14H38B2P2/c1-12(2,3)17(10,15)11-18(16,13(4,5)6)14(7,8)9/h11H2,1-10,15-16H3. The van der Waals surface area contributed by atoms with Gasteiger partial charge in [0.1, 0.15) is 15.1 Å². The summed E-state index contributed by atoms with van der Waals surface area (Å²) in [5.41, 5.74) is 0. The molecule has 0 aliphatic carbocycles. The van der Waals surface area contributed by atoms with Crippen LogP contribution in [0.15, 0.2) is 0 Å². The molecule has 0 amide bonds. The van der Waals surface area contributed by atoms with Crippen LogP contribution < -0.4 is 0 Å². The Kier molecular flexibility index (Phi) is 5.35. The summed E-state index contributed by atoms with van der Waals surface area (Å²) < 4.78 is 0. The molecule has 0 nitrogen and oxygen atoms in total. The highest BCUT2D eigenvalue weighted by Gasteiger charge is 2.53. The molecule has 0 aromatic heterocycles. The minimum atomic E-state index is -0.693. The van der Waals surface area contributed by atoms with E-state index in [0.29, 0.717) is 30.6 Å². The van der Waals surface area contributed by atoms with Crippen LogP contribution in [0.3, 0.4) is 0 Å². The highest BCUT2D eigenvalue weighted by atomic mass is 31.2.